The number of hydrogen-bond acceptors (Lipinski definition) is 7. The average Bonchev–Trinajstić information content (AvgIpc) is 2.99. The van der Waals surface area contributed by atoms with Crippen LogP contribution in [-0.2, 0) is 4.79 Å². The number of hydrogen-bond donors (Lipinski definition) is 2. The molecule has 43 heavy (non-hydrogen) atoms. The van der Waals surface area contributed by atoms with Crippen molar-refractivity contribution >= 4 is 45.6 Å². The van der Waals surface area contributed by atoms with Crippen LogP contribution in [0.5, 0.6) is 5.75 Å². The molecule has 0 atom stereocenters. The lowest BCUT2D eigenvalue weighted by molar-refractivity contribution is -0.111. The molecule has 1 saturated carbocycles. The molecule has 1 spiro atoms. The number of aromatic nitrogens is 2. The highest BCUT2D eigenvalue weighted by molar-refractivity contribution is 6.31. The summed E-state index contributed by atoms with van der Waals surface area (Å²) in [6.07, 6.45) is 13.6. The molecule has 3 aromatic rings. The van der Waals surface area contributed by atoms with Gasteiger partial charge in [-0.1, -0.05) is 24.1 Å². The van der Waals surface area contributed by atoms with E-state index in [4.69, 9.17) is 16.3 Å². The standard InChI is InChI=1S/C33H40ClFN6O2/c1-40-14-9-33(10-15-40)19-23(20-33)21-43-30-18-28-25(32(37-22-36-28)38-24-7-8-27(35)26(34)16-24)17-29(30)39-31(42)6-5-13-41-11-3-2-4-12-41/h5-8,16-18,22-23H,2-4,9-15,19-21H2,1H3,(H,39,42)(H,36,37,38)/b6-5+. The van der Waals surface area contributed by atoms with Gasteiger partial charge in [0, 0.05) is 29.8 Å². The number of carbonyl (C=O) groups is 1. The lowest BCUT2D eigenvalue weighted by Crippen LogP contribution is -2.47. The number of likely N-dealkylation sites (tertiary alicyclic amines) is 2. The summed E-state index contributed by atoms with van der Waals surface area (Å²) in [4.78, 5) is 26.7. The second kappa shape index (κ2) is 13.2. The van der Waals surface area contributed by atoms with E-state index in [2.05, 4.69) is 37.4 Å². The molecule has 228 valence electrons. The fraction of sp³-hybridized carbons (Fsp3) is 0.485. The predicted molar refractivity (Wildman–Crippen MR) is 170 cm³/mol. The van der Waals surface area contributed by atoms with Crippen LogP contribution in [0.15, 0.2) is 48.8 Å². The maximum absolute atomic E-state index is 13.7. The molecule has 0 bridgehead atoms. The third kappa shape index (κ3) is 7.28. The van der Waals surface area contributed by atoms with Gasteiger partial charge < -0.3 is 20.3 Å². The molecule has 3 heterocycles. The quantitative estimate of drug-likeness (QED) is 0.264. The molecule has 0 unspecified atom stereocenters. The van der Waals surface area contributed by atoms with E-state index in [1.54, 1.807) is 12.1 Å². The van der Waals surface area contributed by atoms with Gasteiger partial charge in [-0.05, 0) is 107 Å². The molecule has 8 nitrogen and oxygen atoms in total. The van der Waals surface area contributed by atoms with Crippen LogP contribution < -0.4 is 15.4 Å². The number of benzene rings is 2. The minimum absolute atomic E-state index is 0.0152. The molecule has 2 saturated heterocycles. The Balaban J connectivity index is 1.20. The highest BCUT2D eigenvalue weighted by atomic mass is 35.5. The van der Waals surface area contributed by atoms with Gasteiger partial charge in [-0.25, -0.2) is 14.4 Å². The van der Waals surface area contributed by atoms with Crippen molar-refractivity contribution in [3.05, 3.63) is 59.7 Å². The van der Waals surface area contributed by atoms with Crippen LogP contribution in [-0.4, -0.2) is 72.1 Å². The number of rotatable bonds is 9. The van der Waals surface area contributed by atoms with Gasteiger partial charge in [-0.3, -0.25) is 9.69 Å². The summed E-state index contributed by atoms with van der Waals surface area (Å²) in [5.74, 6) is 0.889. The number of anilines is 3. The number of nitrogens with zero attached hydrogens (tertiary/aromatic N) is 4. The Labute approximate surface area is 257 Å². The Bertz CT molecular complexity index is 1480. The fourth-order valence-corrected chi connectivity index (χ4v) is 6.91. The third-order valence-corrected chi connectivity index (χ3v) is 9.51. The Morgan fingerprint density at radius 2 is 1.91 bits per heavy atom. The highest BCUT2D eigenvalue weighted by Crippen LogP contribution is 2.52. The van der Waals surface area contributed by atoms with Crippen molar-refractivity contribution in [2.45, 2.75) is 44.9 Å². The van der Waals surface area contributed by atoms with Crippen LogP contribution in [0.2, 0.25) is 5.02 Å². The summed E-state index contributed by atoms with van der Waals surface area (Å²) in [6, 6.07) is 8.11. The number of amides is 1. The van der Waals surface area contributed by atoms with Gasteiger partial charge in [0.1, 0.15) is 23.7 Å². The highest BCUT2D eigenvalue weighted by Gasteiger charge is 2.45. The second-order valence-electron chi connectivity index (χ2n) is 12.5. The van der Waals surface area contributed by atoms with Gasteiger partial charge >= 0.3 is 0 Å². The maximum atomic E-state index is 13.7. The largest absolute Gasteiger partial charge is 0.491 e. The topological polar surface area (TPSA) is 82.6 Å². The monoisotopic (exact) mass is 606 g/mol. The second-order valence-corrected chi connectivity index (χ2v) is 12.9. The maximum Gasteiger partial charge on any atom is 0.248 e. The molecule has 0 radical (unpaired) electrons. The lowest BCUT2D eigenvalue weighted by Gasteiger charge is -2.51. The van der Waals surface area contributed by atoms with E-state index in [1.807, 2.05) is 18.2 Å². The van der Waals surface area contributed by atoms with Crippen LogP contribution in [0.25, 0.3) is 10.9 Å². The summed E-state index contributed by atoms with van der Waals surface area (Å²) >= 11 is 6.00. The van der Waals surface area contributed by atoms with E-state index < -0.39 is 5.82 Å². The summed E-state index contributed by atoms with van der Waals surface area (Å²) in [5, 5.41) is 6.96. The summed E-state index contributed by atoms with van der Waals surface area (Å²) < 4.78 is 20.1. The number of carbonyl (C=O) groups excluding carboxylic acids is 1. The zero-order valence-corrected chi connectivity index (χ0v) is 25.5. The summed E-state index contributed by atoms with van der Waals surface area (Å²) in [6.45, 7) is 5.84. The van der Waals surface area contributed by atoms with E-state index in [1.165, 1.54) is 76.5 Å². The average molecular weight is 607 g/mol. The zero-order valence-electron chi connectivity index (χ0n) is 24.7. The number of fused-ring (bicyclic) bond motifs is 1. The summed E-state index contributed by atoms with van der Waals surface area (Å²) in [5.41, 5.74) is 2.28. The van der Waals surface area contributed by atoms with Crippen molar-refractivity contribution in [3.8, 4) is 5.75 Å². The molecule has 1 aromatic heterocycles. The number of halogens is 2. The number of nitrogens with one attached hydrogen (secondary N) is 2. The molecule has 2 aromatic carbocycles. The van der Waals surface area contributed by atoms with E-state index in [0.717, 1.165) is 19.6 Å². The minimum atomic E-state index is -0.493. The molecule has 2 N–H and O–H groups in total. The fourth-order valence-electron chi connectivity index (χ4n) is 6.73. The van der Waals surface area contributed by atoms with Gasteiger partial charge in [0.25, 0.3) is 0 Å². The van der Waals surface area contributed by atoms with Crippen LogP contribution in [0, 0.1) is 17.2 Å². The molecule has 1 aliphatic carbocycles. The lowest BCUT2D eigenvalue weighted by atomic mass is 9.58. The first kappa shape index (κ1) is 29.8. The first-order valence-corrected chi connectivity index (χ1v) is 15.8. The van der Waals surface area contributed by atoms with Crippen LogP contribution >= 0.6 is 11.6 Å². The smallest absolute Gasteiger partial charge is 0.248 e. The van der Waals surface area contributed by atoms with Crippen LogP contribution in [0.3, 0.4) is 0 Å². The summed E-state index contributed by atoms with van der Waals surface area (Å²) in [7, 11) is 2.20. The van der Waals surface area contributed by atoms with E-state index in [0.29, 0.717) is 51.8 Å². The Morgan fingerprint density at radius 3 is 2.67 bits per heavy atom. The predicted octanol–water partition coefficient (Wildman–Crippen LogP) is 6.65. The Kier molecular flexibility index (Phi) is 9.12. The molecule has 6 rings (SSSR count). The van der Waals surface area contributed by atoms with Gasteiger partial charge in [-0.2, -0.15) is 0 Å². The Morgan fingerprint density at radius 1 is 1.12 bits per heavy atom. The molecule has 10 heteroatoms. The van der Waals surface area contributed by atoms with E-state index in [9.17, 15) is 9.18 Å². The minimum Gasteiger partial charge on any atom is -0.491 e. The molecule has 3 fully saturated rings. The normalized spacial score (nSPS) is 19.5. The van der Waals surface area contributed by atoms with Gasteiger partial charge in [-0.15, -0.1) is 0 Å². The van der Waals surface area contributed by atoms with E-state index >= 15 is 0 Å². The number of ether oxygens (including phenoxy) is 1. The molecule has 2 aliphatic heterocycles. The van der Waals surface area contributed by atoms with Crippen molar-refractivity contribution < 1.29 is 13.9 Å². The third-order valence-electron chi connectivity index (χ3n) is 9.22. The SMILES string of the molecule is CN1CCC2(CC1)CC(COc1cc3ncnc(Nc4ccc(F)c(Cl)c4)c3cc1NC(=O)/C=C/CN1CCCCC1)C2. The first-order chi connectivity index (χ1) is 20.9. The Hall–Kier alpha value is -3.27. The van der Waals surface area contributed by atoms with Crippen LogP contribution in [0.4, 0.5) is 21.6 Å². The number of piperidine rings is 2. The van der Waals surface area contributed by atoms with Gasteiger partial charge in [0.05, 0.1) is 22.8 Å². The van der Waals surface area contributed by atoms with Crippen molar-refractivity contribution in [1.82, 2.24) is 19.8 Å². The van der Waals surface area contributed by atoms with Crippen molar-refractivity contribution in [1.29, 1.82) is 0 Å². The van der Waals surface area contributed by atoms with Gasteiger partial charge in [0.15, 0.2) is 0 Å². The molecular weight excluding hydrogens is 567 g/mol. The van der Waals surface area contributed by atoms with Crippen LogP contribution in [0.1, 0.15) is 44.9 Å². The molecule has 1 amide bonds. The van der Waals surface area contributed by atoms with Crippen molar-refractivity contribution in [3.63, 3.8) is 0 Å². The van der Waals surface area contributed by atoms with Gasteiger partial charge in [0.2, 0.25) is 5.91 Å². The first-order valence-electron chi connectivity index (χ1n) is 15.4. The zero-order chi connectivity index (χ0) is 29.8. The van der Waals surface area contributed by atoms with Crippen molar-refractivity contribution in [2.75, 3.05) is 57.0 Å². The molecule has 3 aliphatic rings. The molecular formula is C33H40ClFN6O2. The van der Waals surface area contributed by atoms with E-state index in [-0.39, 0.29) is 10.9 Å². The van der Waals surface area contributed by atoms with Crippen molar-refractivity contribution in [2.24, 2.45) is 11.3 Å².